The van der Waals surface area contributed by atoms with Gasteiger partial charge in [0.15, 0.2) is 0 Å². The van der Waals surface area contributed by atoms with Gasteiger partial charge in [0, 0.05) is 19.1 Å². The summed E-state index contributed by atoms with van der Waals surface area (Å²) < 4.78 is 5.10. The molecule has 0 radical (unpaired) electrons. The van der Waals surface area contributed by atoms with Crippen LogP contribution in [0.1, 0.15) is 52.9 Å². The maximum atomic E-state index is 11.4. The first kappa shape index (κ1) is 16.2. The monoisotopic (exact) mass is 272 g/mol. The Bertz CT molecular complexity index is 270. The summed E-state index contributed by atoms with van der Waals surface area (Å²) in [4.78, 5) is 11.4. The average molecular weight is 272 g/mol. The Morgan fingerprint density at radius 3 is 2.47 bits per heavy atom. The summed E-state index contributed by atoms with van der Waals surface area (Å²) >= 11 is 0. The third-order valence-corrected chi connectivity index (χ3v) is 3.13. The Morgan fingerprint density at radius 2 is 1.89 bits per heavy atom. The number of alkyl carbamates (subject to hydrolysis) is 1. The van der Waals surface area contributed by atoms with E-state index in [9.17, 15) is 9.90 Å². The molecule has 1 atom stereocenters. The molecule has 0 heterocycles. The molecule has 1 saturated carbocycles. The Morgan fingerprint density at radius 1 is 1.26 bits per heavy atom. The third-order valence-electron chi connectivity index (χ3n) is 3.13. The van der Waals surface area contributed by atoms with Crippen molar-refractivity contribution in [2.75, 3.05) is 13.1 Å². The zero-order valence-corrected chi connectivity index (χ0v) is 12.4. The van der Waals surface area contributed by atoms with Crippen LogP contribution in [0.4, 0.5) is 4.79 Å². The van der Waals surface area contributed by atoms with Crippen molar-refractivity contribution in [2.45, 2.75) is 70.6 Å². The zero-order chi connectivity index (χ0) is 14.3. The van der Waals surface area contributed by atoms with Gasteiger partial charge in [-0.2, -0.15) is 0 Å². The van der Waals surface area contributed by atoms with Crippen LogP contribution in [0.15, 0.2) is 0 Å². The van der Waals surface area contributed by atoms with Crippen LogP contribution in [-0.2, 0) is 4.74 Å². The topological polar surface area (TPSA) is 70.6 Å². The van der Waals surface area contributed by atoms with E-state index in [2.05, 4.69) is 10.6 Å². The molecule has 0 spiro atoms. The second-order valence-electron chi connectivity index (χ2n) is 6.28. The van der Waals surface area contributed by atoms with Gasteiger partial charge in [0.1, 0.15) is 5.60 Å². The van der Waals surface area contributed by atoms with Crippen LogP contribution in [-0.4, -0.2) is 42.0 Å². The van der Waals surface area contributed by atoms with Crippen molar-refractivity contribution in [1.82, 2.24) is 10.6 Å². The molecule has 1 aliphatic carbocycles. The quantitative estimate of drug-likeness (QED) is 0.713. The van der Waals surface area contributed by atoms with Crippen LogP contribution in [0.5, 0.6) is 0 Å². The highest BCUT2D eigenvalue weighted by Gasteiger charge is 2.18. The van der Waals surface area contributed by atoms with E-state index in [1.807, 2.05) is 20.8 Å². The highest BCUT2D eigenvalue weighted by molar-refractivity contribution is 5.67. The SMILES string of the molecule is CC(C)(C)OC(=O)NCC(O)CNC1CCCCC1. The van der Waals surface area contributed by atoms with Crippen molar-refractivity contribution < 1.29 is 14.6 Å². The van der Waals surface area contributed by atoms with Gasteiger partial charge >= 0.3 is 6.09 Å². The Hall–Kier alpha value is -0.810. The van der Waals surface area contributed by atoms with Gasteiger partial charge in [0.05, 0.1) is 6.10 Å². The lowest BCUT2D eigenvalue weighted by Crippen LogP contribution is -2.43. The maximum Gasteiger partial charge on any atom is 0.407 e. The summed E-state index contributed by atoms with van der Waals surface area (Å²) in [6.45, 7) is 6.17. The minimum atomic E-state index is -0.575. The minimum absolute atomic E-state index is 0.217. The fourth-order valence-corrected chi connectivity index (χ4v) is 2.20. The average Bonchev–Trinajstić information content (AvgIpc) is 2.33. The van der Waals surface area contributed by atoms with Crippen molar-refractivity contribution in [1.29, 1.82) is 0 Å². The number of nitrogens with one attached hydrogen (secondary N) is 2. The molecule has 112 valence electrons. The summed E-state index contributed by atoms with van der Waals surface area (Å²) in [5.74, 6) is 0. The summed E-state index contributed by atoms with van der Waals surface area (Å²) in [7, 11) is 0. The minimum Gasteiger partial charge on any atom is -0.444 e. The van der Waals surface area contributed by atoms with Gasteiger partial charge in [-0.15, -0.1) is 0 Å². The molecule has 1 rings (SSSR count). The first-order chi connectivity index (χ1) is 8.87. The predicted octanol–water partition coefficient (Wildman–Crippen LogP) is 1.79. The van der Waals surface area contributed by atoms with Crippen molar-refractivity contribution in [3.05, 3.63) is 0 Å². The van der Waals surface area contributed by atoms with Crippen LogP contribution >= 0.6 is 0 Å². The number of amides is 1. The lowest BCUT2D eigenvalue weighted by Gasteiger charge is -2.24. The van der Waals surface area contributed by atoms with Gasteiger partial charge in [0.25, 0.3) is 0 Å². The Labute approximate surface area is 116 Å². The molecular weight excluding hydrogens is 244 g/mol. The molecule has 3 N–H and O–H groups in total. The molecule has 0 aromatic rings. The highest BCUT2D eigenvalue weighted by Crippen LogP contribution is 2.17. The molecule has 19 heavy (non-hydrogen) atoms. The van der Waals surface area contributed by atoms with E-state index < -0.39 is 17.8 Å². The smallest absolute Gasteiger partial charge is 0.407 e. The number of rotatable bonds is 5. The zero-order valence-electron chi connectivity index (χ0n) is 12.4. The second kappa shape index (κ2) is 7.70. The molecule has 0 aromatic heterocycles. The fraction of sp³-hybridized carbons (Fsp3) is 0.929. The molecule has 1 fully saturated rings. The van der Waals surface area contributed by atoms with Crippen LogP contribution < -0.4 is 10.6 Å². The molecule has 0 saturated heterocycles. The van der Waals surface area contributed by atoms with E-state index in [4.69, 9.17) is 4.74 Å². The van der Waals surface area contributed by atoms with Gasteiger partial charge < -0.3 is 20.5 Å². The Kier molecular flexibility index (Phi) is 6.58. The lowest BCUT2D eigenvalue weighted by atomic mass is 9.95. The van der Waals surface area contributed by atoms with Crippen molar-refractivity contribution in [3.63, 3.8) is 0 Å². The molecule has 5 heteroatoms. The molecule has 1 unspecified atom stereocenters. The standard InChI is InChI=1S/C14H28N2O3/c1-14(2,3)19-13(18)16-10-12(17)9-15-11-7-5-4-6-8-11/h11-12,15,17H,4-10H2,1-3H3,(H,16,18). The van der Waals surface area contributed by atoms with Gasteiger partial charge in [-0.05, 0) is 33.6 Å². The molecule has 0 bridgehead atoms. The number of carbonyl (C=O) groups excluding carboxylic acids is 1. The van der Waals surface area contributed by atoms with Crippen LogP contribution in [0.3, 0.4) is 0 Å². The van der Waals surface area contributed by atoms with Crippen LogP contribution in [0.2, 0.25) is 0 Å². The van der Waals surface area contributed by atoms with Crippen molar-refractivity contribution in [2.24, 2.45) is 0 Å². The Balaban J connectivity index is 2.10. The van der Waals surface area contributed by atoms with E-state index in [-0.39, 0.29) is 6.54 Å². The van der Waals surface area contributed by atoms with Crippen LogP contribution in [0.25, 0.3) is 0 Å². The van der Waals surface area contributed by atoms with E-state index in [1.165, 1.54) is 32.1 Å². The summed E-state index contributed by atoms with van der Waals surface area (Å²) in [5, 5.41) is 15.7. The van der Waals surface area contributed by atoms with Crippen molar-refractivity contribution >= 4 is 6.09 Å². The summed E-state index contributed by atoms with van der Waals surface area (Å²) in [6, 6.07) is 0.518. The van der Waals surface area contributed by atoms with Crippen molar-refractivity contribution in [3.8, 4) is 0 Å². The molecule has 1 amide bonds. The first-order valence-corrected chi connectivity index (χ1v) is 7.25. The van der Waals surface area contributed by atoms with E-state index >= 15 is 0 Å². The molecule has 0 aliphatic heterocycles. The molecule has 1 aliphatic rings. The largest absolute Gasteiger partial charge is 0.444 e. The van der Waals surface area contributed by atoms with E-state index in [1.54, 1.807) is 0 Å². The second-order valence-corrected chi connectivity index (χ2v) is 6.28. The van der Waals surface area contributed by atoms with Crippen LogP contribution in [0, 0.1) is 0 Å². The molecular formula is C14H28N2O3. The van der Waals surface area contributed by atoms with E-state index in [0.717, 1.165) is 0 Å². The van der Waals surface area contributed by atoms with Gasteiger partial charge in [0.2, 0.25) is 0 Å². The molecule has 5 nitrogen and oxygen atoms in total. The van der Waals surface area contributed by atoms with E-state index in [0.29, 0.717) is 12.6 Å². The number of ether oxygens (including phenoxy) is 1. The summed E-state index contributed by atoms with van der Waals surface area (Å²) in [5.41, 5.74) is -0.505. The number of hydrogen-bond acceptors (Lipinski definition) is 4. The molecule has 0 aromatic carbocycles. The normalized spacial score (nSPS) is 18.9. The highest BCUT2D eigenvalue weighted by atomic mass is 16.6. The summed E-state index contributed by atoms with van der Waals surface area (Å²) in [6.07, 6.45) is 5.17. The predicted molar refractivity (Wildman–Crippen MR) is 75.1 cm³/mol. The number of aliphatic hydroxyl groups is 1. The van der Waals surface area contributed by atoms with Gasteiger partial charge in [-0.1, -0.05) is 19.3 Å². The third kappa shape index (κ3) is 8.06. The van der Waals surface area contributed by atoms with Gasteiger partial charge in [-0.3, -0.25) is 0 Å². The number of aliphatic hydroxyl groups excluding tert-OH is 1. The number of hydrogen-bond donors (Lipinski definition) is 3. The van der Waals surface area contributed by atoms with Gasteiger partial charge in [-0.25, -0.2) is 4.79 Å². The fourth-order valence-electron chi connectivity index (χ4n) is 2.20. The maximum absolute atomic E-state index is 11.4. The number of carbonyl (C=O) groups is 1. The first-order valence-electron chi connectivity index (χ1n) is 7.25. The lowest BCUT2D eigenvalue weighted by molar-refractivity contribution is 0.0490.